The number of hydrogen-bond donors (Lipinski definition) is 1. The van der Waals surface area contributed by atoms with Crippen molar-refractivity contribution < 1.29 is 9.53 Å². The maximum atomic E-state index is 10.7. The minimum Gasteiger partial charge on any atom is -0.370 e. The van der Waals surface area contributed by atoms with Crippen LogP contribution in [0.4, 0.5) is 0 Å². The number of nitrogens with two attached hydrogens (primary N) is 1. The second-order valence-electron chi connectivity index (χ2n) is 1.89. The minimum absolute atomic E-state index is 0.0104. The first kappa shape index (κ1) is 6.51. The van der Waals surface area contributed by atoms with Crippen LogP contribution in [0.3, 0.4) is 0 Å². The van der Waals surface area contributed by atoms with Gasteiger partial charge in [0.25, 0.3) is 0 Å². The highest BCUT2D eigenvalue weighted by Gasteiger charge is 2.15. The fourth-order valence-electron chi connectivity index (χ4n) is 0.743. The molecule has 52 valence electrons. The lowest BCUT2D eigenvalue weighted by Gasteiger charge is -2.24. The molecular formula is C5H10N2O2. The van der Waals surface area contributed by atoms with Gasteiger partial charge in [0.1, 0.15) is 6.61 Å². The third-order valence-electron chi connectivity index (χ3n) is 1.30. The van der Waals surface area contributed by atoms with Gasteiger partial charge in [-0.2, -0.15) is 0 Å². The lowest BCUT2D eigenvalue weighted by Crippen LogP contribution is -2.44. The number of nitrogens with zero attached hydrogens (tertiary/aromatic N) is 1. The molecule has 0 saturated carbocycles. The molecule has 0 atom stereocenters. The van der Waals surface area contributed by atoms with Crippen LogP contribution in [0.15, 0.2) is 0 Å². The number of carbonyl (C=O) groups excluding carboxylic acids is 1. The number of morpholine rings is 1. The van der Waals surface area contributed by atoms with Crippen molar-refractivity contribution in [1.29, 1.82) is 0 Å². The lowest BCUT2D eigenvalue weighted by molar-refractivity contribution is -0.142. The van der Waals surface area contributed by atoms with Gasteiger partial charge in [0.15, 0.2) is 0 Å². The highest BCUT2D eigenvalue weighted by atomic mass is 16.5. The quantitative estimate of drug-likeness (QED) is 0.483. The van der Waals surface area contributed by atoms with Crippen LogP contribution in [-0.4, -0.2) is 37.2 Å². The van der Waals surface area contributed by atoms with Gasteiger partial charge in [0, 0.05) is 6.54 Å². The lowest BCUT2D eigenvalue weighted by atomic mass is 10.4. The molecule has 1 saturated heterocycles. The van der Waals surface area contributed by atoms with Crippen LogP contribution >= 0.6 is 0 Å². The zero-order chi connectivity index (χ0) is 6.69. The van der Waals surface area contributed by atoms with E-state index in [1.165, 1.54) is 0 Å². The predicted molar refractivity (Wildman–Crippen MR) is 31.6 cm³/mol. The Balaban J connectivity index is 2.39. The van der Waals surface area contributed by atoms with Gasteiger partial charge in [0.2, 0.25) is 5.91 Å². The molecule has 0 aliphatic carbocycles. The van der Waals surface area contributed by atoms with Crippen molar-refractivity contribution in [2.45, 2.75) is 0 Å². The predicted octanol–water partition coefficient (Wildman–Crippen LogP) is -1.24. The van der Waals surface area contributed by atoms with Gasteiger partial charge in [-0.05, 0) is 0 Å². The maximum Gasteiger partial charge on any atom is 0.249 e. The molecule has 0 aromatic carbocycles. The Morgan fingerprint density at radius 3 is 3.00 bits per heavy atom. The highest BCUT2D eigenvalue weighted by molar-refractivity contribution is 5.77. The molecule has 0 spiro atoms. The SMILES string of the molecule is NCN1CCOCC1=O. The summed E-state index contributed by atoms with van der Waals surface area (Å²) in [5.74, 6) is -0.0104. The first-order chi connectivity index (χ1) is 4.34. The Hall–Kier alpha value is -0.610. The van der Waals surface area contributed by atoms with E-state index in [0.29, 0.717) is 19.8 Å². The van der Waals surface area contributed by atoms with Crippen molar-refractivity contribution in [2.24, 2.45) is 5.73 Å². The Kier molecular flexibility index (Phi) is 2.02. The van der Waals surface area contributed by atoms with Crippen LogP contribution in [0, 0.1) is 0 Å². The van der Waals surface area contributed by atoms with Crippen molar-refractivity contribution >= 4 is 5.91 Å². The number of rotatable bonds is 1. The van der Waals surface area contributed by atoms with Crippen LogP contribution in [-0.2, 0) is 9.53 Å². The van der Waals surface area contributed by atoms with E-state index in [1.54, 1.807) is 4.90 Å². The fourth-order valence-corrected chi connectivity index (χ4v) is 0.743. The minimum atomic E-state index is -0.0104. The summed E-state index contributed by atoms with van der Waals surface area (Å²) in [4.78, 5) is 12.3. The number of hydrogen-bond acceptors (Lipinski definition) is 3. The van der Waals surface area contributed by atoms with Gasteiger partial charge in [-0.15, -0.1) is 0 Å². The molecule has 9 heavy (non-hydrogen) atoms. The second-order valence-corrected chi connectivity index (χ2v) is 1.89. The third-order valence-corrected chi connectivity index (χ3v) is 1.30. The average molecular weight is 130 g/mol. The van der Waals surface area contributed by atoms with Gasteiger partial charge in [-0.3, -0.25) is 4.79 Å². The van der Waals surface area contributed by atoms with Crippen LogP contribution in [0.25, 0.3) is 0 Å². The maximum absolute atomic E-state index is 10.7. The van der Waals surface area contributed by atoms with Crippen LogP contribution in [0.5, 0.6) is 0 Å². The molecule has 0 aromatic rings. The summed E-state index contributed by atoms with van der Waals surface area (Å²) >= 11 is 0. The molecule has 1 aliphatic heterocycles. The molecular weight excluding hydrogens is 120 g/mol. The molecule has 1 fully saturated rings. The van der Waals surface area contributed by atoms with E-state index in [1.807, 2.05) is 0 Å². The van der Waals surface area contributed by atoms with E-state index in [-0.39, 0.29) is 12.5 Å². The van der Waals surface area contributed by atoms with E-state index in [0.717, 1.165) is 0 Å². The summed E-state index contributed by atoms with van der Waals surface area (Å²) in [6.45, 7) is 1.75. The number of amides is 1. The Labute approximate surface area is 53.6 Å². The molecule has 0 radical (unpaired) electrons. The van der Waals surface area contributed by atoms with Crippen molar-refractivity contribution in [3.05, 3.63) is 0 Å². The molecule has 0 bridgehead atoms. The first-order valence-electron chi connectivity index (χ1n) is 2.90. The van der Waals surface area contributed by atoms with E-state index >= 15 is 0 Å². The van der Waals surface area contributed by atoms with E-state index in [9.17, 15) is 4.79 Å². The third kappa shape index (κ3) is 1.40. The van der Waals surface area contributed by atoms with Gasteiger partial charge in [-0.25, -0.2) is 0 Å². The van der Waals surface area contributed by atoms with Crippen LogP contribution < -0.4 is 5.73 Å². The molecule has 0 aromatic heterocycles. The Morgan fingerprint density at radius 2 is 2.56 bits per heavy atom. The van der Waals surface area contributed by atoms with Crippen molar-refractivity contribution in [3.63, 3.8) is 0 Å². The van der Waals surface area contributed by atoms with Crippen LogP contribution in [0.2, 0.25) is 0 Å². The van der Waals surface area contributed by atoms with E-state index < -0.39 is 0 Å². The summed E-state index contributed by atoms with van der Waals surface area (Å²) in [5, 5.41) is 0. The van der Waals surface area contributed by atoms with Gasteiger partial charge in [0.05, 0.1) is 13.3 Å². The molecule has 1 amide bonds. The zero-order valence-electron chi connectivity index (χ0n) is 5.17. The zero-order valence-corrected chi connectivity index (χ0v) is 5.17. The fraction of sp³-hybridized carbons (Fsp3) is 0.800. The molecule has 4 heteroatoms. The molecule has 0 unspecified atom stereocenters. The molecule has 1 rings (SSSR count). The molecule has 2 N–H and O–H groups in total. The molecule has 1 aliphatic rings. The standard InChI is InChI=1S/C5H10N2O2/c6-4-7-1-2-9-3-5(7)8/h1-4,6H2. The number of ether oxygens (including phenoxy) is 1. The van der Waals surface area contributed by atoms with Crippen molar-refractivity contribution in [1.82, 2.24) is 4.90 Å². The molecule has 4 nitrogen and oxygen atoms in total. The second kappa shape index (κ2) is 2.80. The summed E-state index contributed by atoms with van der Waals surface area (Å²) < 4.78 is 4.87. The summed E-state index contributed by atoms with van der Waals surface area (Å²) in [6.07, 6.45) is 0. The highest BCUT2D eigenvalue weighted by Crippen LogP contribution is 1.94. The van der Waals surface area contributed by atoms with Gasteiger partial charge >= 0.3 is 0 Å². The van der Waals surface area contributed by atoms with Gasteiger partial charge < -0.3 is 15.4 Å². The Bertz CT molecular complexity index is 116. The summed E-state index contributed by atoms with van der Waals surface area (Å²) in [5.41, 5.74) is 5.24. The van der Waals surface area contributed by atoms with E-state index in [4.69, 9.17) is 10.5 Å². The van der Waals surface area contributed by atoms with Crippen molar-refractivity contribution in [2.75, 3.05) is 26.4 Å². The smallest absolute Gasteiger partial charge is 0.249 e. The monoisotopic (exact) mass is 130 g/mol. The average Bonchev–Trinajstić information content (AvgIpc) is 1.89. The van der Waals surface area contributed by atoms with Crippen molar-refractivity contribution in [3.8, 4) is 0 Å². The van der Waals surface area contributed by atoms with Gasteiger partial charge in [-0.1, -0.05) is 0 Å². The Morgan fingerprint density at radius 1 is 1.78 bits per heavy atom. The molecule has 1 heterocycles. The van der Waals surface area contributed by atoms with E-state index in [2.05, 4.69) is 0 Å². The first-order valence-corrected chi connectivity index (χ1v) is 2.90. The summed E-state index contributed by atoms with van der Waals surface area (Å²) in [7, 11) is 0. The van der Waals surface area contributed by atoms with Crippen LogP contribution in [0.1, 0.15) is 0 Å². The normalized spacial score (nSPS) is 20.6. The summed E-state index contributed by atoms with van der Waals surface area (Å²) in [6, 6.07) is 0. The number of carbonyl (C=O) groups is 1. The largest absolute Gasteiger partial charge is 0.370 e. The topological polar surface area (TPSA) is 55.6 Å².